The second kappa shape index (κ2) is 5.52. The average molecular weight is 281 g/mol. The van der Waals surface area contributed by atoms with Crippen LogP contribution in [-0.2, 0) is 0 Å². The molecule has 0 saturated heterocycles. The summed E-state index contributed by atoms with van der Waals surface area (Å²) in [6.07, 6.45) is 3.82. The van der Waals surface area contributed by atoms with Gasteiger partial charge in [0.25, 0.3) is 0 Å². The molecule has 0 spiro atoms. The van der Waals surface area contributed by atoms with Gasteiger partial charge in [0, 0.05) is 6.42 Å². The molecule has 0 aliphatic heterocycles. The fourth-order valence-electron chi connectivity index (χ4n) is 3.09. The molecule has 2 unspecified atom stereocenters. The summed E-state index contributed by atoms with van der Waals surface area (Å²) in [5, 5.41) is 18.1. The third-order valence-electron chi connectivity index (χ3n) is 4.04. The first-order valence-electron chi connectivity index (χ1n) is 6.90. The van der Waals surface area contributed by atoms with Crippen molar-refractivity contribution in [2.45, 2.75) is 58.0 Å². The van der Waals surface area contributed by atoms with Gasteiger partial charge in [0.1, 0.15) is 5.54 Å². The van der Waals surface area contributed by atoms with Crippen molar-refractivity contribution in [3.63, 3.8) is 0 Å². The van der Waals surface area contributed by atoms with E-state index in [0.29, 0.717) is 0 Å². The minimum atomic E-state index is -0.406. The first kappa shape index (κ1) is 14.4. The summed E-state index contributed by atoms with van der Waals surface area (Å²) in [6, 6.07) is 2.74. The molecule has 2 rings (SSSR count). The van der Waals surface area contributed by atoms with E-state index in [-0.39, 0.29) is 6.04 Å². The maximum Gasteiger partial charge on any atom is 0.108 e. The lowest BCUT2D eigenvalue weighted by Crippen LogP contribution is -2.48. The maximum absolute atomic E-state index is 9.50. The topological polar surface area (TPSA) is 53.6 Å². The average Bonchev–Trinajstić information content (AvgIpc) is 2.67. The molecule has 0 radical (unpaired) electrons. The van der Waals surface area contributed by atoms with Crippen LogP contribution in [0.5, 0.6) is 0 Å². The number of rotatable bonds is 3. The summed E-state index contributed by atoms with van der Waals surface area (Å²) >= 11 is 6.22. The highest BCUT2D eigenvalue weighted by molar-refractivity contribution is 6.31. The van der Waals surface area contributed by atoms with Crippen LogP contribution in [0.2, 0.25) is 5.02 Å². The van der Waals surface area contributed by atoms with E-state index in [0.717, 1.165) is 48.6 Å². The number of nitrogens with one attached hydrogen (secondary N) is 1. The van der Waals surface area contributed by atoms with E-state index >= 15 is 0 Å². The lowest BCUT2D eigenvalue weighted by Gasteiger charge is -2.36. The molecule has 1 aliphatic rings. The predicted molar refractivity (Wildman–Crippen MR) is 76.2 cm³/mol. The second-order valence-corrected chi connectivity index (χ2v) is 5.78. The molecule has 0 aromatic carbocycles. The second-order valence-electron chi connectivity index (χ2n) is 5.40. The standard InChI is InChI=1S/C14H21ClN4/c1-4-17-14(9-16)7-5-6-12(8-14)19-11(3)13(15)10(2)18-19/h12,17H,4-8H2,1-3H3. The molecule has 1 aromatic rings. The summed E-state index contributed by atoms with van der Waals surface area (Å²) < 4.78 is 2.01. The van der Waals surface area contributed by atoms with Crippen molar-refractivity contribution < 1.29 is 0 Å². The number of hydrogen-bond acceptors (Lipinski definition) is 3. The van der Waals surface area contributed by atoms with Crippen LogP contribution < -0.4 is 5.32 Å². The molecule has 2 atom stereocenters. The highest BCUT2D eigenvalue weighted by Crippen LogP contribution is 2.36. The van der Waals surface area contributed by atoms with Crippen molar-refractivity contribution >= 4 is 11.6 Å². The fraction of sp³-hybridized carbons (Fsp3) is 0.714. The van der Waals surface area contributed by atoms with Gasteiger partial charge in [0.05, 0.1) is 28.5 Å². The number of nitrogens with zero attached hydrogens (tertiary/aromatic N) is 3. The number of aromatic nitrogens is 2. The molecule has 1 aromatic heterocycles. The molecule has 19 heavy (non-hydrogen) atoms. The van der Waals surface area contributed by atoms with E-state index in [1.165, 1.54) is 0 Å². The Morgan fingerprint density at radius 2 is 2.32 bits per heavy atom. The monoisotopic (exact) mass is 280 g/mol. The number of aryl methyl sites for hydroxylation is 1. The van der Waals surface area contributed by atoms with Crippen molar-refractivity contribution in [3.8, 4) is 6.07 Å². The van der Waals surface area contributed by atoms with Gasteiger partial charge in [-0.25, -0.2) is 0 Å². The number of hydrogen-bond donors (Lipinski definition) is 1. The molecule has 0 bridgehead atoms. The molecule has 0 amide bonds. The van der Waals surface area contributed by atoms with Gasteiger partial charge in [0.2, 0.25) is 0 Å². The SMILES string of the molecule is CCNC1(C#N)CCCC(n2nc(C)c(Cl)c2C)C1. The quantitative estimate of drug-likeness (QED) is 0.925. The summed E-state index contributed by atoms with van der Waals surface area (Å²) in [7, 11) is 0. The Balaban J connectivity index is 2.26. The summed E-state index contributed by atoms with van der Waals surface area (Å²) in [5.41, 5.74) is 1.47. The van der Waals surface area contributed by atoms with Gasteiger partial charge < -0.3 is 0 Å². The maximum atomic E-state index is 9.50. The van der Waals surface area contributed by atoms with E-state index in [2.05, 4.69) is 16.5 Å². The molecule has 5 heteroatoms. The van der Waals surface area contributed by atoms with Gasteiger partial charge in [-0.1, -0.05) is 18.5 Å². The molecular weight excluding hydrogens is 260 g/mol. The Kier molecular flexibility index (Phi) is 4.17. The van der Waals surface area contributed by atoms with Gasteiger partial charge in [-0.2, -0.15) is 10.4 Å². The normalized spacial score (nSPS) is 27.2. The minimum Gasteiger partial charge on any atom is -0.300 e. The Hall–Kier alpha value is -1.05. The molecule has 1 saturated carbocycles. The lowest BCUT2D eigenvalue weighted by atomic mass is 9.80. The Morgan fingerprint density at radius 3 is 2.84 bits per heavy atom. The van der Waals surface area contributed by atoms with E-state index in [1.54, 1.807) is 0 Å². The summed E-state index contributed by atoms with van der Waals surface area (Å²) in [6.45, 7) is 6.79. The van der Waals surface area contributed by atoms with Crippen LogP contribution in [-0.4, -0.2) is 21.9 Å². The molecule has 104 valence electrons. The third-order valence-corrected chi connectivity index (χ3v) is 4.58. The third kappa shape index (κ3) is 2.63. The van der Waals surface area contributed by atoms with Crippen LogP contribution in [0.1, 0.15) is 50.0 Å². The van der Waals surface area contributed by atoms with Crippen LogP contribution in [0.25, 0.3) is 0 Å². The van der Waals surface area contributed by atoms with Crippen LogP contribution in [0, 0.1) is 25.2 Å². The largest absolute Gasteiger partial charge is 0.300 e. The lowest BCUT2D eigenvalue weighted by molar-refractivity contribution is 0.220. The van der Waals surface area contributed by atoms with Crippen molar-refractivity contribution in [2.24, 2.45) is 0 Å². The van der Waals surface area contributed by atoms with Gasteiger partial charge in [0.15, 0.2) is 0 Å². The van der Waals surface area contributed by atoms with Crippen LogP contribution in [0.3, 0.4) is 0 Å². The Labute approximate surface area is 119 Å². The zero-order chi connectivity index (χ0) is 14.0. The smallest absolute Gasteiger partial charge is 0.108 e. The number of nitriles is 1. The van der Waals surface area contributed by atoms with Gasteiger partial charge >= 0.3 is 0 Å². The molecule has 4 nitrogen and oxygen atoms in total. The highest BCUT2D eigenvalue weighted by atomic mass is 35.5. The van der Waals surface area contributed by atoms with Crippen molar-refractivity contribution in [2.75, 3.05) is 6.54 Å². The number of halogens is 1. The van der Waals surface area contributed by atoms with Crippen molar-refractivity contribution in [1.82, 2.24) is 15.1 Å². The molecule has 1 fully saturated rings. The molecule has 1 heterocycles. The highest BCUT2D eigenvalue weighted by Gasteiger charge is 2.37. The molecule has 1 N–H and O–H groups in total. The van der Waals surface area contributed by atoms with E-state index in [1.807, 2.05) is 25.5 Å². The predicted octanol–water partition coefficient (Wildman–Crippen LogP) is 3.14. The van der Waals surface area contributed by atoms with Crippen molar-refractivity contribution in [1.29, 1.82) is 5.26 Å². The van der Waals surface area contributed by atoms with Crippen LogP contribution in [0.4, 0.5) is 0 Å². The first-order chi connectivity index (χ1) is 9.03. The molecular formula is C14H21ClN4. The summed E-state index contributed by atoms with van der Waals surface area (Å²) in [4.78, 5) is 0. The van der Waals surface area contributed by atoms with Crippen LogP contribution in [0.15, 0.2) is 0 Å². The molecule has 1 aliphatic carbocycles. The van der Waals surface area contributed by atoms with Gasteiger partial charge in [-0.3, -0.25) is 10.00 Å². The van der Waals surface area contributed by atoms with E-state index < -0.39 is 5.54 Å². The Morgan fingerprint density at radius 1 is 1.58 bits per heavy atom. The summed E-state index contributed by atoms with van der Waals surface area (Å²) in [5.74, 6) is 0. The zero-order valence-corrected chi connectivity index (χ0v) is 12.6. The van der Waals surface area contributed by atoms with Crippen LogP contribution >= 0.6 is 11.6 Å². The zero-order valence-electron chi connectivity index (χ0n) is 11.8. The fourth-order valence-corrected chi connectivity index (χ4v) is 3.22. The Bertz CT molecular complexity index is 498. The first-order valence-corrected chi connectivity index (χ1v) is 7.28. The van der Waals surface area contributed by atoms with Crippen molar-refractivity contribution in [3.05, 3.63) is 16.4 Å². The minimum absolute atomic E-state index is 0.263. The van der Waals surface area contributed by atoms with E-state index in [4.69, 9.17) is 11.6 Å². The van der Waals surface area contributed by atoms with Gasteiger partial charge in [-0.15, -0.1) is 0 Å². The van der Waals surface area contributed by atoms with E-state index in [9.17, 15) is 5.26 Å². The van der Waals surface area contributed by atoms with Gasteiger partial charge in [-0.05, 0) is 39.7 Å².